The number of carbonyl (C=O) groups excluding carboxylic acids is 1. The van der Waals surface area contributed by atoms with E-state index in [0.29, 0.717) is 12.0 Å². The third kappa shape index (κ3) is 5.34. The van der Waals surface area contributed by atoms with E-state index in [1.165, 1.54) is 6.08 Å². The Balaban J connectivity index is 2.75. The number of ketones is 1. The summed E-state index contributed by atoms with van der Waals surface area (Å²) in [6.07, 6.45) is 5.40. The van der Waals surface area contributed by atoms with Crippen molar-refractivity contribution in [1.82, 2.24) is 0 Å². The Morgan fingerprint density at radius 3 is 2.40 bits per heavy atom. The van der Waals surface area contributed by atoms with Crippen LogP contribution in [0.4, 0.5) is 0 Å². The minimum absolute atomic E-state index is 0.249. The molecule has 0 saturated heterocycles. The fourth-order valence-corrected chi connectivity index (χ4v) is 1.90. The number of aryl methyl sites for hydroxylation is 1. The van der Waals surface area contributed by atoms with Crippen LogP contribution in [-0.2, 0) is 4.79 Å². The van der Waals surface area contributed by atoms with Gasteiger partial charge < -0.3 is 0 Å². The summed E-state index contributed by atoms with van der Waals surface area (Å²) in [6.45, 7) is 4.03. The average Bonchev–Trinajstić information content (AvgIpc) is 2.42. The average molecular weight is 275 g/mol. The molecule has 0 aliphatic rings. The van der Waals surface area contributed by atoms with Gasteiger partial charge in [-0.05, 0) is 18.9 Å². The Morgan fingerprint density at radius 2 is 1.85 bits per heavy atom. The van der Waals surface area contributed by atoms with Gasteiger partial charge in [0.25, 0.3) is 0 Å². The first-order chi connectivity index (χ1) is 9.54. The number of Topliss-reactive ketones (excluding diaryl/α,β-unsaturated/α-hetero) is 1. The third-order valence-corrected chi connectivity index (χ3v) is 3.12. The zero-order valence-electron chi connectivity index (χ0n) is 12.1. The van der Waals surface area contributed by atoms with Gasteiger partial charge in [-0.2, -0.15) is 0 Å². The molecule has 20 heavy (non-hydrogen) atoms. The lowest BCUT2D eigenvalue weighted by atomic mass is 10.1. The van der Waals surface area contributed by atoms with Crippen LogP contribution in [0.3, 0.4) is 0 Å². The minimum atomic E-state index is -0.581. The van der Waals surface area contributed by atoms with Crippen molar-refractivity contribution in [2.45, 2.75) is 46.0 Å². The Morgan fingerprint density at radius 1 is 1.20 bits per heavy atom. The Bertz CT molecular complexity index is 489. The molecule has 1 aromatic carbocycles. The van der Waals surface area contributed by atoms with Gasteiger partial charge in [0.2, 0.25) is 5.78 Å². The molecule has 108 valence electrons. The third-order valence-electron chi connectivity index (χ3n) is 3.12. The fraction of sp³-hybridized carbons (Fsp3) is 0.438. The quantitative estimate of drug-likeness (QED) is 0.310. The van der Waals surface area contributed by atoms with Crippen LogP contribution >= 0.6 is 0 Å². The zero-order chi connectivity index (χ0) is 15.0. The summed E-state index contributed by atoms with van der Waals surface area (Å²) < 4.78 is 0. The highest BCUT2D eigenvalue weighted by Gasteiger charge is 2.20. The molecule has 0 aromatic heterocycles. The van der Waals surface area contributed by atoms with E-state index in [2.05, 4.69) is 6.92 Å². The molecular formula is C16H21NO3. The largest absolute Gasteiger partial charge is 0.312 e. The number of nitrogens with zero attached hydrogens (tertiary/aromatic N) is 1. The van der Waals surface area contributed by atoms with Gasteiger partial charge >= 0.3 is 5.70 Å². The molecule has 0 radical (unpaired) electrons. The second kappa shape index (κ2) is 8.25. The monoisotopic (exact) mass is 275 g/mol. The van der Waals surface area contributed by atoms with Gasteiger partial charge in [-0.3, -0.25) is 14.9 Å². The number of benzene rings is 1. The van der Waals surface area contributed by atoms with Crippen molar-refractivity contribution in [3.8, 4) is 0 Å². The molecule has 0 amide bonds. The van der Waals surface area contributed by atoms with Gasteiger partial charge in [0.15, 0.2) is 0 Å². The summed E-state index contributed by atoms with van der Waals surface area (Å²) >= 11 is 0. The normalized spacial score (nSPS) is 11.4. The fourth-order valence-electron chi connectivity index (χ4n) is 1.90. The van der Waals surface area contributed by atoms with Crippen molar-refractivity contribution in [3.05, 3.63) is 51.2 Å². The van der Waals surface area contributed by atoms with Crippen LogP contribution in [0.2, 0.25) is 0 Å². The summed E-state index contributed by atoms with van der Waals surface area (Å²) in [6, 6.07) is 7.30. The molecule has 4 nitrogen and oxygen atoms in total. The lowest BCUT2D eigenvalue weighted by molar-refractivity contribution is -0.417. The highest BCUT2D eigenvalue weighted by atomic mass is 16.6. The smallest absolute Gasteiger partial charge is 0.287 e. The number of unbranched alkanes of at least 4 members (excludes halogenated alkanes) is 3. The maximum absolute atomic E-state index is 11.9. The number of carbonyl (C=O) groups is 1. The molecule has 0 aliphatic heterocycles. The van der Waals surface area contributed by atoms with E-state index in [4.69, 9.17) is 0 Å². The molecule has 0 spiro atoms. The van der Waals surface area contributed by atoms with E-state index < -0.39 is 4.92 Å². The molecule has 1 rings (SSSR count). The molecule has 4 heteroatoms. The molecule has 0 aliphatic carbocycles. The molecular weight excluding hydrogens is 254 g/mol. The Hall–Kier alpha value is -1.97. The minimum Gasteiger partial charge on any atom is -0.287 e. The van der Waals surface area contributed by atoms with Crippen LogP contribution in [0.15, 0.2) is 30.0 Å². The van der Waals surface area contributed by atoms with Crippen molar-refractivity contribution in [1.29, 1.82) is 0 Å². The number of rotatable bonds is 8. The lowest BCUT2D eigenvalue weighted by Crippen LogP contribution is -2.11. The maximum Gasteiger partial charge on any atom is 0.312 e. The summed E-state index contributed by atoms with van der Waals surface area (Å²) in [4.78, 5) is 22.3. The van der Waals surface area contributed by atoms with E-state index in [9.17, 15) is 14.9 Å². The van der Waals surface area contributed by atoms with Crippen molar-refractivity contribution in [2.24, 2.45) is 0 Å². The van der Waals surface area contributed by atoms with E-state index in [-0.39, 0.29) is 17.9 Å². The first-order valence-corrected chi connectivity index (χ1v) is 7.00. The molecule has 0 saturated carbocycles. The second-order valence-corrected chi connectivity index (χ2v) is 4.93. The van der Waals surface area contributed by atoms with Gasteiger partial charge in [-0.15, -0.1) is 0 Å². The van der Waals surface area contributed by atoms with Gasteiger partial charge in [-0.25, -0.2) is 0 Å². The van der Waals surface area contributed by atoms with Gasteiger partial charge in [0.05, 0.1) is 4.92 Å². The van der Waals surface area contributed by atoms with Gasteiger partial charge in [-0.1, -0.05) is 56.0 Å². The molecule has 1 aromatic rings. The summed E-state index contributed by atoms with van der Waals surface area (Å²) in [5.41, 5.74) is 1.45. The molecule has 0 N–H and O–H groups in total. The molecule has 0 fully saturated rings. The van der Waals surface area contributed by atoms with Crippen LogP contribution in [0.25, 0.3) is 6.08 Å². The Kier molecular flexibility index (Phi) is 6.64. The van der Waals surface area contributed by atoms with E-state index in [1.807, 2.05) is 19.1 Å². The number of nitro groups is 1. The first kappa shape index (κ1) is 16.1. The van der Waals surface area contributed by atoms with Crippen LogP contribution < -0.4 is 0 Å². The molecule has 0 unspecified atom stereocenters. The summed E-state index contributed by atoms with van der Waals surface area (Å²) in [7, 11) is 0. The topological polar surface area (TPSA) is 60.2 Å². The zero-order valence-corrected chi connectivity index (χ0v) is 12.1. The Labute approximate surface area is 119 Å². The van der Waals surface area contributed by atoms with Crippen molar-refractivity contribution < 1.29 is 9.72 Å². The van der Waals surface area contributed by atoms with Crippen LogP contribution in [0, 0.1) is 17.0 Å². The summed E-state index contributed by atoms with van der Waals surface area (Å²) in [5, 5.41) is 11.0. The van der Waals surface area contributed by atoms with E-state index in [0.717, 1.165) is 24.8 Å². The first-order valence-electron chi connectivity index (χ1n) is 7.00. The standard InChI is InChI=1S/C16H21NO3/c1-3-4-5-6-7-16(18)15(17(19)20)12-14-10-8-13(2)9-11-14/h8-12H,3-7H2,1-2H3. The van der Waals surface area contributed by atoms with Crippen LogP contribution in [0.1, 0.15) is 50.2 Å². The van der Waals surface area contributed by atoms with Gasteiger partial charge in [0, 0.05) is 12.5 Å². The predicted molar refractivity (Wildman–Crippen MR) is 79.9 cm³/mol. The predicted octanol–water partition coefficient (Wildman–Crippen LogP) is 4.15. The number of hydrogen-bond donors (Lipinski definition) is 0. The van der Waals surface area contributed by atoms with E-state index in [1.54, 1.807) is 12.1 Å². The van der Waals surface area contributed by atoms with Crippen LogP contribution in [0.5, 0.6) is 0 Å². The lowest BCUT2D eigenvalue weighted by Gasteiger charge is -2.00. The second-order valence-electron chi connectivity index (χ2n) is 4.93. The highest BCUT2D eigenvalue weighted by molar-refractivity contribution is 5.97. The van der Waals surface area contributed by atoms with Crippen molar-refractivity contribution >= 4 is 11.9 Å². The van der Waals surface area contributed by atoms with Crippen molar-refractivity contribution in [3.63, 3.8) is 0 Å². The van der Waals surface area contributed by atoms with E-state index >= 15 is 0 Å². The maximum atomic E-state index is 11.9. The van der Waals surface area contributed by atoms with Gasteiger partial charge in [0.1, 0.15) is 0 Å². The SMILES string of the molecule is CCCCCCC(=O)C(=Cc1ccc(C)cc1)[N+](=O)[O-]. The molecule has 0 heterocycles. The van der Waals surface area contributed by atoms with Crippen molar-refractivity contribution in [2.75, 3.05) is 0 Å². The number of allylic oxidation sites excluding steroid dienone is 1. The number of hydrogen-bond acceptors (Lipinski definition) is 3. The van der Waals surface area contributed by atoms with Crippen LogP contribution in [-0.4, -0.2) is 10.7 Å². The summed E-state index contributed by atoms with van der Waals surface area (Å²) in [5.74, 6) is -0.383. The molecule has 0 atom stereocenters. The highest BCUT2D eigenvalue weighted by Crippen LogP contribution is 2.13. The molecule has 0 bridgehead atoms.